The summed E-state index contributed by atoms with van der Waals surface area (Å²) in [6.07, 6.45) is -0.529. The lowest BCUT2D eigenvalue weighted by molar-refractivity contribution is -0.124. The minimum atomic E-state index is -0.889. The molecular weight excluding hydrogens is 296 g/mol. The van der Waals surface area contributed by atoms with Crippen LogP contribution in [0.1, 0.15) is 40.6 Å². The first-order valence-corrected chi connectivity index (χ1v) is 7.43. The number of carbonyl (C=O) groups is 2. The number of aromatic nitrogens is 1. The zero-order valence-electron chi connectivity index (χ0n) is 13.7. The number of hydrogen-bond acceptors (Lipinski definition) is 5. The normalized spacial score (nSPS) is 11.8. The molecule has 0 spiro atoms. The van der Waals surface area contributed by atoms with E-state index in [0.29, 0.717) is 23.6 Å². The number of anilines is 1. The first-order chi connectivity index (χ1) is 10.9. The van der Waals surface area contributed by atoms with Crippen LogP contribution in [0.15, 0.2) is 28.8 Å². The maximum Gasteiger partial charge on any atom is 0.339 e. The first-order valence-electron chi connectivity index (χ1n) is 7.43. The summed E-state index contributed by atoms with van der Waals surface area (Å²) in [5, 5.41) is 6.26. The van der Waals surface area contributed by atoms with E-state index in [9.17, 15) is 9.59 Å². The largest absolute Gasteiger partial charge is 0.449 e. The zero-order chi connectivity index (χ0) is 17.0. The maximum atomic E-state index is 12.3. The van der Waals surface area contributed by atoms with Crippen LogP contribution in [0.3, 0.4) is 0 Å². The van der Waals surface area contributed by atoms with E-state index in [1.54, 1.807) is 26.0 Å². The van der Waals surface area contributed by atoms with Gasteiger partial charge in [0.05, 0.1) is 5.56 Å². The van der Waals surface area contributed by atoms with Crippen molar-refractivity contribution in [3.05, 3.63) is 46.7 Å². The molecule has 1 aromatic carbocycles. The Labute approximate surface area is 134 Å². The molecule has 0 saturated heterocycles. The quantitative estimate of drug-likeness (QED) is 0.857. The molecule has 23 heavy (non-hydrogen) atoms. The van der Waals surface area contributed by atoms with Crippen molar-refractivity contribution in [2.75, 3.05) is 5.32 Å². The van der Waals surface area contributed by atoms with E-state index in [-0.39, 0.29) is 0 Å². The number of amides is 1. The summed E-state index contributed by atoms with van der Waals surface area (Å²) >= 11 is 0. The van der Waals surface area contributed by atoms with E-state index in [0.717, 1.165) is 11.1 Å². The molecule has 0 aliphatic rings. The van der Waals surface area contributed by atoms with Gasteiger partial charge in [0.25, 0.3) is 5.91 Å². The van der Waals surface area contributed by atoms with Crippen molar-refractivity contribution in [3.63, 3.8) is 0 Å². The molecule has 0 radical (unpaired) electrons. The van der Waals surface area contributed by atoms with E-state index in [1.165, 1.54) is 0 Å². The molecule has 2 rings (SSSR count). The highest BCUT2D eigenvalue weighted by Gasteiger charge is 2.23. The van der Waals surface area contributed by atoms with Gasteiger partial charge in [-0.3, -0.25) is 4.79 Å². The average Bonchev–Trinajstić information content (AvgIpc) is 2.91. The van der Waals surface area contributed by atoms with Crippen molar-refractivity contribution in [2.24, 2.45) is 0 Å². The number of carbonyl (C=O) groups excluding carboxylic acids is 2. The Morgan fingerprint density at radius 2 is 2.00 bits per heavy atom. The Kier molecular flexibility index (Phi) is 5.16. The molecule has 6 nitrogen and oxygen atoms in total. The molecule has 0 bridgehead atoms. The highest BCUT2D eigenvalue weighted by atomic mass is 16.5. The van der Waals surface area contributed by atoms with E-state index in [4.69, 9.17) is 9.26 Å². The summed E-state index contributed by atoms with van der Waals surface area (Å²) in [5.41, 5.74) is 2.23. The molecule has 1 aromatic heterocycles. The summed E-state index contributed by atoms with van der Waals surface area (Å²) < 4.78 is 10.2. The third kappa shape index (κ3) is 4.18. The summed E-state index contributed by atoms with van der Waals surface area (Å²) in [4.78, 5) is 24.5. The zero-order valence-corrected chi connectivity index (χ0v) is 13.7. The third-order valence-electron chi connectivity index (χ3n) is 3.40. The number of aryl methyl sites for hydroxylation is 3. The summed E-state index contributed by atoms with van der Waals surface area (Å²) in [6.45, 7) is 7.22. The molecule has 1 heterocycles. The van der Waals surface area contributed by atoms with Gasteiger partial charge in [-0.15, -0.1) is 0 Å². The molecule has 1 atom stereocenters. The topological polar surface area (TPSA) is 81.4 Å². The second-order valence-corrected chi connectivity index (χ2v) is 5.43. The van der Waals surface area contributed by atoms with Crippen LogP contribution < -0.4 is 5.32 Å². The van der Waals surface area contributed by atoms with Crippen molar-refractivity contribution in [2.45, 2.75) is 40.2 Å². The SMILES string of the molecule is CC[C@H](OC(=O)c1cc(C)ccc1C)C(=O)Nc1cc(C)on1. The van der Waals surface area contributed by atoms with Gasteiger partial charge in [0, 0.05) is 6.07 Å². The molecule has 0 fully saturated rings. The molecule has 0 aliphatic carbocycles. The van der Waals surface area contributed by atoms with Gasteiger partial charge in [-0.1, -0.05) is 29.8 Å². The van der Waals surface area contributed by atoms with Gasteiger partial charge in [-0.2, -0.15) is 0 Å². The smallest absolute Gasteiger partial charge is 0.339 e. The maximum absolute atomic E-state index is 12.3. The fourth-order valence-corrected chi connectivity index (χ4v) is 2.10. The molecule has 6 heteroatoms. The van der Waals surface area contributed by atoms with Crippen molar-refractivity contribution < 1.29 is 18.8 Å². The van der Waals surface area contributed by atoms with E-state index < -0.39 is 18.0 Å². The number of hydrogen-bond donors (Lipinski definition) is 1. The third-order valence-corrected chi connectivity index (χ3v) is 3.40. The Bertz CT molecular complexity index is 721. The van der Waals surface area contributed by atoms with Crippen LogP contribution in [0.4, 0.5) is 5.82 Å². The van der Waals surface area contributed by atoms with Gasteiger partial charge >= 0.3 is 5.97 Å². The number of benzene rings is 1. The highest BCUT2D eigenvalue weighted by Crippen LogP contribution is 2.15. The van der Waals surface area contributed by atoms with Crippen LogP contribution in [-0.4, -0.2) is 23.1 Å². The average molecular weight is 316 g/mol. The second kappa shape index (κ2) is 7.09. The number of nitrogens with zero attached hydrogens (tertiary/aromatic N) is 1. The second-order valence-electron chi connectivity index (χ2n) is 5.43. The van der Waals surface area contributed by atoms with Crippen molar-refractivity contribution in [1.29, 1.82) is 0 Å². The number of rotatable bonds is 5. The minimum Gasteiger partial charge on any atom is -0.449 e. The van der Waals surface area contributed by atoms with Crippen LogP contribution in [0.5, 0.6) is 0 Å². The molecule has 0 unspecified atom stereocenters. The van der Waals surface area contributed by atoms with Crippen LogP contribution in [0.2, 0.25) is 0 Å². The highest BCUT2D eigenvalue weighted by molar-refractivity contribution is 5.97. The predicted molar refractivity (Wildman–Crippen MR) is 85.3 cm³/mol. The van der Waals surface area contributed by atoms with E-state index in [1.807, 2.05) is 26.0 Å². The lowest BCUT2D eigenvalue weighted by Gasteiger charge is -2.16. The monoisotopic (exact) mass is 316 g/mol. The summed E-state index contributed by atoms with van der Waals surface area (Å²) in [7, 11) is 0. The Hall–Kier alpha value is -2.63. The van der Waals surface area contributed by atoms with Crippen molar-refractivity contribution >= 4 is 17.7 Å². The Morgan fingerprint density at radius 3 is 2.61 bits per heavy atom. The lowest BCUT2D eigenvalue weighted by atomic mass is 10.1. The first kappa shape index (κ1) is 16.7. The Balaban J connectivity index is 2.07. The standard InChI is InChI=1S/C17H20N2O4/c1-5-14(16(20)18-15-9-12(4)23-19-15)22-17(21)13-8-10(2)6-7-11(13)3/h6-9,14H,5H2,1-4H3,(H,18,19,20)/t14-/m0/s1. The van der Waals surface area contributed by atoms with Crippen LogP contribution in [0, 0.1) is 20.8 Å². The van der Waals surface area contributed by atoms with Gasteiger partial charge in [-0.05, 0) is 38.8 Å². The molecular formula is C17H20N2O4. The molecule has 2 aromatic rings. The van der Waals surface area contributed by atoms with Crippen LogP contribution >= 0.6 is 0 Å². The number of ether oxygens (including phenoxy) is 1. The number of esters is 1. The summed E-state index contributed by atoms with van der Waals surface area (Å²) in [5.74, 6) is -0.0570. The molecule has 122 valence electrons. The fourth-order valence-electron chi connectivity index (χ4n) is 2.10. The minimum absolute atomic E-state index is 0.300. The van der Waals surface area contributed by atoms with Crippen molar-refractivity contribution in [3.8, 4) is 0 Å². The van der Waals surface area contributed by atoms with Gasteiger partial charge in [0.1, 0.15) is 5.76 Å². The predicted octanol–water partition coefficient (Wildman–Crippen LogP) is 3.17. The van der Waals surface area contributed by atoms with Crippen LogP contribution in [-0.2, 0) is 9.53 Å². The molecule has 0 saturated carbocycles. The van der Waals surface area contributed by atoms with E-state index >= 15 is 0 Å². The lowest BCUT2D eigenvalue weighted by Crippen LogP contribution is -2.32. The van der Waals surface area contributed by atoms with Crippen molar-refractivity contribution in [1.82, 2.24) is 5.16 Å². The van der Waals surface area contributed by atoms with Gasteiger partial charge < -0.3 is 14.6 Å². The van der Waals surface area contributed by atoms with Gasteiger partial charge in [0.2, 0.25) is 0 Å². The van der Waals surface area contributed by atoms with Gasteiger partial charge in [-0.25, -0.2) is 4.79 Å². The van der Waals surface area contributed by atoms with E-state index in [2.05, 4.69) is 10.5 Å². The molecule has 1 N–H and O–H groups in total. The number of nitrogens with one attached hydrogen (secondary N) is 1. The Morgan fingerprint density at radius 1 is 1.26 bits per heavy atom. The molecule has 0 aliphatic heterocycles. The molecule has 1 amide bonds. The fraction of sp³-hybridized carbons (Fsp3) is 0.353. The van der Waals surface area contributed by atoms with Crippen LogP contribution in [0.25, 0.3) is 0 Å². The summed E-state index contributed by atoms with van der Waals surface area (Å²) in [6, 6.07) is 7.12. The van der Waals surface area contributed by atoms with Gasteiger partial charge in [0.15, 0.2) is 11.9 Å².